The van der Waals surface area contributed by atoms with E-state index in [2.05, 4.69) is 20.6 Å². The van der Waals surface area contributed by atoms with Gasteiger partial charge in [0, 0.05) is 12.1 Å². The van der Waals surface area contributed by atoms with E-state index in [-0.39, 0.29) is 5.69 Å². The van der Waals surface area contributed by atoms with E-state index in [0.717, 1.165) is 0 Å². The van der Waals surface area contributed by atoms with Gasteiger partial charge in [-0.15, -0.1) is 0 Å². The number of aromatic nitrogens is 2. The second-order valence-corrected chi connectivity index (χ2v) is 6.92. The van der Waals surface area contributed by atoms with Crippen LogP contribution in [-0.2, 0) is 0 Å². The van der Waals surface area contributed by atoms with E-state index >= 15 is 0 Å². The van der Waals surface area contributed by atoms with Crippen LogP contribution in [-0.4, -0.2) is 38.4 Å². The first-order valence-electron chi connectivity index (χ1n) is 8.89. The zero-order chi connectivity index (χ0) is 22.5. The molecule has 0 aliphatic heterocycles. The second-order valence-electron chi connectivity index (χ2n) is 6.11. The third-order valence-corrected chi connectivity index (χ3v) is 4.93. The first kappa shape index (κ1) is 22.4. The number of methoxy groups -OCH3 is 4. The van der Waals surface area contributed by atoms with Crippen molar-refractivity contribution in [2.45, 2.75) is 0 Å². The maximum absolute atomic E-state index is 6.30. The molecular formula is C20H21Cl2N5O4. The van der Waals surface area contributed by atoms with Crippen molar-refractivity contribution < 1.29 is 18.9 Å². The maximum Gasteiger partial charge on any atom is 0.159 e. The third-order valence-electron chi connectivity index (χ3n) is 4.34. The summed E-state index contributed by atoms with van der Waals surface area (Å²) in [5, 5.41) is 7.01. The number of nitrogens with zero attached hydrogens (tertiary/aromatic N) is 2. The van der Waals surface area contributed by atoms with Gasteiger partial charge in [-0.1, -0.05) is 23.2 Å². The Bertz CT molecular complexity index is 1020. The van der Waals surface area contributed by atoms with Crippen LogP contribution < -0.4 is 35.3 Å². The molecule has 11 heteroatoms. The van der Waals surface area contributed by atoms with Gasteiger partial charge >= 0.3 is 0 Å². The number of rotatable bonds is 8. The number of ether oxygens (including phenoxy) is 4. The average molecular weight is 466 g/mol. The molecule has 0 unspecified atom stereocenters. The Hall–Kier alpha value is -3.30. The Morgan fingerprint density at radius 1 is 0.677 bits per heavy atom. The van der Waals surface area contributed by atoms with Crippen molar-refractivity contribution in [1.29, 1.82) is 0 Å². The van der Waals surface area contributed by atoms with Crippen LogP contribution in [0.15, 0.2) is 30.6 Å². The topological polar surface area (TPSA) is 113 Å². The molecule has 0 radical (unpaired) electrons. The van der Waals surface area contributed by atoms with Gasteiger partial charge in [0.1, 0.15) is 35.0 Å². The largest absolute Gasteiger partial charge is 0.495 e. The Balaban J connectivity index is 1.95. The molecule has 0 saturated carbocycles. The molecule has 164 valence electrons. The second kappa shape index (κ2) is 9.67. The number of nitrogens with one attached hydrogen (secondary N) is 2. The monoisotopic (exact) mass is 465 g/mol. The van der Waals surface area contributed by atoms with Crippen LogP contribution in [0.25, 0.3) is 0 Å². The Labute approximate surface area is 189 Å². The quantitative estimate of drug-likeness (QED) is 0.427. The highest BCUT2D eigenvalue weighted by molar-refractivity contribution is 6.32. The van der Waals surface area contributed by atoms with E-state index in [4.69, 9.17) is 47.9 Å². The van der Waals surface area contributed by atoms with Crippen LogP contribution in [0.2, 0.25) is 10.0 Å². The molecule has 9 nitrogen and oxygen atoms in total. The first-order valence-corrected chi connectivity index (χ1v) is 9.65. The number of hydrogen-bond acceptors (Lipinski definition) is 9. The van der Waals surface area contributed by atoms with Crippen LogP contribution in [0.1, 0.15) is 0 Å². The van der Waals surface area contributed by atoms with E-state index in [1.54, 1.807) is 24.3 Å². The molecule has 0 aliphatic carbocycles. The van der Waals surface area contributed by atoms with Gasteiger partial charge < -0.3 is 35.3 Å². The van der Waals surface area contributed by atoms with Gasteiger partial charge in [0.05, 0.1) is 49.9 Å². The van der Waals surface area contributed by atoms with E-state index in [1.807, 2.05) is 0 Å². The minimum atomic E-state index is 0.255. The lowest BCUT2D eigenvalue weighted by molar-refractivity contribution is 0.395. The summed E-state index contributed by atoms with van der Waals surface area (Å²) in [4.78, 5) is 8.43. The Kier molecular flexibility index (Phi) is 6.98. The molecule has 0 bridgehead atoms. The number of halogens is 2. The summed E-state index contributed by atoms with van der Waals surface area (Å²) in [6.45, 7) is 0. The van der Waals surface area contributed by atoms with Gasteiger partial charge in [-0.25, -0.2) is 9.97 Å². The van der Waals surface area contributed by atoms with Crippen molar-refractivity contribution in [3.63, 3.8) is 0 Å². The number of nitrogens with two attached hydrogens (primary N) is 1. The van der Waals surface area contributed by atoms with Crippen molar-refractivity contribution in [2.75, 3.05) is 44.8 Å². The molecule has 1 heterocycles. The fourth-order valence-corrected chi connectivity index (χ4v) is 3.25. The molecule has 1 aromatic heterocycles. The summed E-state index contributed by atoms with van der Waals surface area (Å²) in [5.41, 5.74) is 7.66. The van der Waals surface area contributed by atoms with Gasteiger partial charge in [-0.3, -0.25) is 0 Å². The lowest BCUT2D eigenvalue weighted by Gasteiger charge is -2.17. The first-order chi connectivity index (χ1) is 14.9. The number of anilines is 5. The summed E-state index contributed by atoms with van der Waals surface area (Å²) >= 11 is 12.5. The third kappa shape index (κ3) is 4.73. The van der Waals surface area contributed by atoms with Crippen molar-refractivity contribution in [1.82, 2.24) is 9.97 Å². The Morgan fingerprint density at radius 3 is 1.42 bits per heavy atom. The summed E-state index contributed by atoms with van der Waals surface area (Å²) in [6, 6.07) is 6.62. The molecule has 4 N–H and O–H groups in total. The van der Waals surface area contributed by atoms with Gasteiger partial charge in [0.25, 0.3) is 0 Å². The predicted octanol–water partition coefficient (Wildman–Crippen LogP) is 4.89. The predicted molar refractivity (Wildman–Crippen MR) is 122 cm³/mol. The summed E-state index contributed by atoms with van der Waals surface area (Å²) in [7, 11) is 6.11. The molecule has 0 aliphatic rings. The number of hydrogen-bond donors (Lipinski definition) is 3. The smallest absolute Gasteiger partial charge is 0.159 e. The van der Waals surface area contributed by atoms with Gasteiger partial charge in [-0.2, -0.15) is 0 Å². The minimum Gasteiger partial charge on any atom is -0.495 e. The van der Waals surface area contributed by atoms with Crippen molar-refractivity contribution in [3.05, 3.63) is 40.6 Å². The molecule has 3 aromatic rings. The molecule has 0 atom stereocenters. The average Bonchev–Trinajstić information content (AvgIpc) is 2.77. The molecule has 2 aromatic carbocycles. The normalized spacial score (nSPS) is 10.4. The molecular weight excluding hydrogens is 445 g/mol. The summed E-state index contributed by atoms with van der Waals surface area (Å²) in [6.07, 6.45) is 1.36. The Morgan fingerprint density at radius 2 is 1.06 bits per heavy atom. The SMILES string of the molecule is COc1cc(OC)c(Nc2ncnc(Nc3cc(Cl)c(OC)cc3OC)c2N)cc1Cl. The highest BCUT2D eigenvalue weighted by Gasteiger charge is 2.16. The van der Waals surface area contributed by atoms with Crippen LogP contribution in [0.5, 0.6) is 23.0 Å². The van der Waals surface area contributed by atoms with E-state index in [0.29, 0.717) is 56.1 Å². The molecule has 0 fully saturated rings. The summed E-state index contributed by atoms with van der Waals surface area (Å²) < 4.78 is 21.2. The molecule has 31 heavy (non-hydrogen) atoms. The van der Waals surface area contributed by atoms with Crippen molar-refractivity contribution in [3.8, 4) is 23.0 Å². The van der Waals surface area contributed by atoms with Crippen LogP contribution in [0.3, 0.4) is 0 Å². The number of benzene rings is 2. The summed E-state index contributed by atoms with van der Waals surface area (Å²) in [5.74, 6) is 2.64. The lowest BCUT2D eigenvalue weighted by atomic mass is 10.2. The van der Waals surface area contributed by atoms with Crippen LogP contribution in [0, 0.1) is 0 Å². The van der Waals surface area contributed by atoms with Crippen molar-refractivity contribution >= 4 is 51.9 Å². The van der Waals surface area contributed by atoms with Gasteiger partial charge in [0.2, 0.25) is 0 Å². The fourth-order valence-electron chi connectivity index (χ4n) is 2.77. The molecule has 0 amide bonds. The van der Waals surface area contributed by atoms with E-state index < -0.39 is 0 Å². The van der Waals surface area contributed by atoms with E-state index in [1.165, 1.54) is 34.8 Å². The zero-order valence-electron chi connectivity index (χ0n) is 17.2. The van der Waals surface area contributed by atoms with Gasteiger partial charge in [0.15, 0.2) is 11.6 Å². The lowest BCUT2D eigenvalue weighted by Crippen LogP contribution is -2.06. The maximum atomic E-state index is 6.30. The standard InChI is InChI=1S/C20H21Cl2N5O4/c1-28-14-7-16(30-3)12(5-10(14)21)26-19-18(23)20(25-9-24-19)27-13-6-11(22)15(29-2)8-17(13)31-4/h5-9H,23H2,1-4H3,(H2,24,25,26,27). The van der Waals surface area contributed by atoms with Crippen LogP contribution >= 0.6 is 23.2 Å². The zero-order valence-corrected chi connectivity index (χ0v) is 18.8. The van der Waals surface area contributed by atoms with Crippen LogP contribution in [0.4, 0.5) is 28.7 Å². The molecule has 0 saturated heterocycles. The van der Waals surface area contributed by atoms with Gasteiger partial charge in [-0.05, 0) is 12.1 Å². The molecule has 3 rings (SSSR count). The van der Waals surface area contributed by atoms with E-state index in [9.17, 15) is 0 Å². The molecule has 0 spiro atoms. The highest BCUT2D eigenvalue weighted by atomic mass is 35.5. The van der Waals surface area contributed by atoms with Crippen molar-refractivity contribution in [2.24, 2.45) is 0 Å². The number of nitrogen functional groups attached to an aromatic ring is 1. The highest BCUT2D eigenvalue weighted by Crippen LogP contribution is 2.40. The minimum absolute atomic E-state index is 0.255. The fraction of sp³-hybridized carbons (Fsp3) is 0.200.